The highest BCUT2D eigenvalue weighted by molar-refractivity contribution is 5.78. The van der Waals surface area contributed by atoms with Crippen molar-refractivity contribution in [1.82, 2.24) is 10.2 Å². The zero-order chi connectivity index (χ0) is 12.8. The molecule has 0 aromatic heterocycles. The van der Waals surface area contributed by atoms with Crippen molar-refractivity contribution in [2.45, 2.75) is 13.1 Å². The molecule has 7 heteroatoms. The van der Waals surface area contributed by atoms with Crippen LogP contribution in [0.4, 0.5) is 13.2 Å². The number of alkyl halides is 3. The molecule has 0 aromatic rings. The molecule has 0 radical (unpaired) electrons. The minimum atomic E-state index is -4.44. The molecule has 0 bridgehead atoms. The van der Waals surface area contributed by atoms with Gasteiger partial charge in [-0.2, -0.15) is 13.2 Å². The quantitative estimate of drug-likeness (QED) is 0.701. The Bertz CT molecular complexity index is 221. The Labute approximate surface area is 92.4 Å². The summed E-state index contributed by atoms with van der Waals surface area (Å²) in [6, 6.07) is 0. The minimum absolute atomic E-state index is 0.299. The summed E-state index contributed by atoms with van der Waals surface area (Å²) in [5, 5.41) is 11.3. The molecule has 2 N–H and O–H groups in total. The highest BCUT2D eigenvalue weighted by Crippen LogP contribution is 2.17. The van der Waals surface area contributed by atoms with Crippen molar-refractivity contribution in [3.63, 3.8) is 0 Å². The number of amides is 1. The summed E-state index contributed by atoms with van der Waals surface area (Å²) in [7, 11) is 1.62. The second-order valence-corrected chi connectivity index (χ2v) is 3.56. The normalized spacial score (nSPS) is 13.6. The molecular formula is C9H17F3N2O2. The first-order chi connectivity index (χ1) is 7.31. The van der Waals surface area contributed by atoms with Crippen molar-refractivity contribution >= 4 is 5.91 Å². The van der Waals surface area contributed by atoms with Gasteiger partial charge in [0, 0.05) is 19.0 Å². The summed E-state index contributed by atoms with van der Waals surface area (Å²) >= 11 is 0. The third-order valence-electron chi connectivity index (χ3n) is 1.98. The lowest BCUT2D eigenvalue weighted by Crippen LogP contribution is -2.44. The summed E-state index contributed by atoms with van der Waals surface area (Å²) in [5.41, 5.74) is 0. The third kappa shape index (κ3) is 5.92. The predicted molar refractivity (Wildman–Crippen MR) is 52.8 cm³/mol. The van der Waals surface area contributed by atoms with Gasteiger partial charge in [-0.3, -0.25) is 4.79 Å². The lowest BCUT2D eigenvalue weighted by molar-refractivity contribution is -0.164. The van der Waals surface area contributed by atoms with E-state index in [-0.39, 0.29) is 6.54 Å². The van der Waals surface area contributed by atoms with Gasteiger partial charge in [0.2, 0.25) is 5.91 Å². The third-order valence-corrected chi connectivity index (χ3v) is 1.98. The van der Waals surface area contributed by atoms with Crippen molar-refractivity contribution in [3.8, 4) is 0 Å². The van der Waals surface area contributed by atoms with Gasteiger partial charge in [-0.15, -0.1) is 0 Å². The molecule has 4 nitrogen and oxygen atoms in total. The lowest BCUT2D eigenvalue weighted by atomic mass is 10.1. The lowest BCUT2D eigenvalue weighted by Gasteiger charge is -2.26. The second-order valence-electron chi connectivity index (χ2n) is 3.56. The van der Waals surface area contributed by atoms with Crippen molar-refractivity contribution < 1.29 is 23.1 Å². The van der Waals surface area contributed by atoms with E-state index in [1.807, 2.05) is 0 Å². The molecule has 0 rings (SSSR count). The van der Waals surface area contributed by atoms with Gasteiger partial charge in [-0.25, -0.2) is 0 Å². The summed E-state index contributed by atoms with van der Waals surface area (Å²) in [5.74, 6) is -1.15. The van der Waals surface area contributed by atoms with Crippen LogP contribution in [0.25, 0.3) is 0 Å². The van der Waals surface area contributed by atoms with Crippen molar-refractivity contribution in [3.05, 3.63) is 0 Å². The van der Waals surface area contributed by atoms with Crippen LogP contribution < -0.4 is 5.32 Å². The van der Waals surface area contributed by atoms with E-state index in [0.29, 0.717) is 11.4 Å². The van der Waals surface area contributed by atoms with Crippen molar-refractivity contribution in [1.29, 1.82) is 0 Å². The molecule has 0 heterocycles. The topological polar surface area (TPSA) is 52.6 Å². The fraction of sp³-hybridized carbons (Fsp3) is 0.889. The van der Waals surface area contributed by atoms with Gasteiger partial charge in [-0.05, 0) is 7.05 Å². The Morgan fingerprint density at radius 3 is 2.44 bits per heavy atom. The number of aliphatic hydroxyl groups excluding tert-OH is 1. The van der Waals surface area contributed by atoms with Gasteiger partial charge < -0.3 is 15.3 Å². The molecule has 16 heavy (non-hydrogen) atoms. The molecule has 0 aliphatic rings. The van der Waals surface area contributed by atoms with Crippen molar-refractivity contribution in [2.24, 2.45) is 5.92 Å². The Balaban J connectivity index is 4.46. The van der Waals surface area contributed by atoms with Gasteiger partial charge >= 0.3 is 6.18 Å². The number of rotatable bonds is 6. The molecule has 0 saturated carbocycles. The highest BCUT2D eigenvalue weighted by Gasteiger charge is 2.33. The molecule has 0 fully saturated rings. The van der Waals surface area contributed by atoms with E-state index in [1.165, 1.54) is 0 Å². The zero-order valence-corrected chi connectivity index (χ0v) is 9.34. The van der Waals surface area contributed by atoms with Gasteiger partial charge in [0.1, 0.15) is 6.54 Å². The maximum Gasteiger partial charge on any atom is 0.406 e. The van der Waals surface area contributed by atoms with Crippen LogP contribution in [0.3, 0.4) is 0 Å². The number of carbonyl (C=O) groups excluding carboxylic acids is 1. The van der Waals surface area contributed by atoms with Crippen LogP contribution in [0, 0.1) is 5.92 Å². The Morgan fingerprint density at radius 2 is 2.06 bits per heavy atom. The number of aliphatic hydroxyl groups is 1. The average Bonchev–Trinajstić information content (AvgIpc) is 2.14. The number of nitrogens with zero attached hydrogens (tertiary/aromatic N) is 1. The van der Waals surface area contributed by atoms with E-state index in [2.05, 4.69) is 5.32 Å². The van der Waals surface area contributed by atoms with E-state index in [4.69, 9.17) is 5.11 Å². The molecule has 0 aliphatic carbocycles. The first-order valence-electron chi connectivity index (χ1n) is 4.92. The van der Waals surface area contributed by atoms with Crippen LogP contribution in [0.5, 0.6) is 0 Å². The van der Waals surface area contributed by atoms with Crippen LogP contribution >= 0.6 is 0 Å². The Morgan fingerprint density at radius 1 is 1.50 bits per heavy atom. The maximum absolute atomic E-state index is 12.1. The van der Waals surface area contributed by atoms with Crippen LogP contribution in [0.15, 0.2) is 0 Å². The molecular weight excluding hydrogens is 225 g/mol. The maximum atomic E-state index is 12.1. The fourth-order valence-corrected chi connectivity index (χ4v) is 1.31. The summed E-state index contributed by atoms with van der Waals surface area (Å²) in [6.45, 7) is -0.251. The summed E-state index contributed by atoms with van der Waals surface area (Å²) in [6.07, 6.45) is -4.44. The fourth-order valence-electron chi connectivity index (χ4n) is 1.31. The Kier molecular flexibility index (Phi) is 6.35. The number of hydrogen-bond donors (Lipinski definition) is 2. The standard InChI is InChI=1S/C9H17F3N2O2/c1-7(5-13-2)8(16)14(3-4-15)6-9(10,11)12/h7,13,15H,3-6H2,1-2H3. The van der Waals surface area contributed by atoms with Crippen LogP contribution in [0.1, 0.15) is 6.92 Å². The smallest absolute Gasteiger partial charge is 0.395 e. The van der Waals surface area contributed by atoms with E-state index in [0.717, 1.165) is 0 Å². The molecule has 0 aliphatic heterocycles. The van der Waals surface area contributed by atoms with E-state index >= 15 is 0 Å². The van der Waals surface area contributed by atoms with Crippen LogP contribution in [0.2, 0.25) is 0 Å². The highest BCUT2D eigenvalue weighted by atomic mass is 19.4. The van der Waals surface area contributed by atoms with E-state index in [9.17, 15) is 18.0 Å². The molecule has 0 saturated heterocycles. The van der Waals surface area contributed by atoms with Gasteiger partial charge in [0.15, 0.2) is 0 Å². The predicted octanol–water partition coefficient (Wildman–Crippen LogP) is 0.225. The number of carbonyl (C=O) groups is 1. The monoisotopic (exact) mass is 242 g/mol. The number of hydrogen-bond acceptors (Lipinski definition) is 3. The number of halogens is 3. The van der Waals surface area contributed by atoms with Crippen molar-refractivity contribution in [2.75, 3.05) is 33.3 Å². The molecule has 1 unspecified atom stereocenters. The van der Waals surface area contributed by atoms with E-state index < -0.39 is 31.2 Å². The van der Waals surface area contributed by atoms with Gasteiger partial charge in [0.05, 0.1) is 6.61 Å². The molecule has 1 amide bonds. The first kappa shape index (κ1) is 15.2. The SMILES string of the molecule is CNCC(C)C(=O)N(CCO)CC(F)(F)F. The summed E-state index contributed by atoms with van der Waals surface area (Å²) < 4.78 is 36.4. The largest absolute Gasteiger partial charge is 0.406 e. The molecule has 1 atom stereocenters. The number of nitrogens with one attached hydrogen (secondary N) is 1. The average molecular weight is 242 g/mol. The molecule has 0 aromatic carbocycles. The van der Waals surface area contributed by atoms with Crippen LogP contribution in [-0.2, 0) is 4.79 Å². The molecule has 0 spiro atoms. The zero-order valence-electron chi connectivity index (χ0n) is 9.34. The second kappa shape index (κ2) is 6.70. The Hall–Kier alpha value is -0.820. The minimum Gasteiger partial charge on any atom is -0.395 e. The molecule has 96 valence electrons. The van der Waals surface area contributed by atoms with Gasteiger partial charge in [0.25, 0.3) is 0 Å². The van der Waals surface area contributed by atoms with Crippen LogP contribution in [-0.4, -0.2) is 55.4 Å². The summed E-state index contributed by atoms with van der Waals surface area (Å²) in [4.78, 5) is 12.2. The first-order valence-corrected chi connectivity index (χ1v) is 4.92. The van der Waals surface area contributed by atoms with E-state index in [1.54, 1.807) is 14.0 Å². The van der Waals surface area contributed by atoms with Gasteiger partial charge in [-0.1, -0.05) is 6.92 Å².